The third kappa shape index (κ3) is 4.95. The molecule has 1 rings (SSSR count). The number of hydrogen-bond acceptors (Lipinski definition) is 8. The van der Waals surface area contributed by atoms with E-state index in [1.165, 1.54) is 27.7 Å². The zero-order valence-electron chi connectivity index (χ0n) is 16.7. The van der Waals surface area contributed by atoms with Crippen LogP contribution in [0.3, 0.4) is 0 Å². The number of aliphatic hydroxyl groups is 2. The van der Waals surface area contributed by atoms with Gasteiger partial charge in [0.15, 0.2) is 6.29 Å². The molecule has 0 atom stereocenters. The third-order valence-electron chi connectivity index (χ3n) is 4.73. The molecule has 1 heterocycles. The molecule has 0 unspecified atom stereocenters. The summed E-state index contributed by atoms with van der Waals surface area (Å²) in [5.74, 6) is -4.60. The molecule has 0 aromatic carbocycles. The Morgan fingerprint density at radius 2 is 1.52 bits per heavy atom. The van der Waals surface area contributed by atoms with Gasteiger partial charge in [-0.2, -0.15) is 0 Å². The first-order valence-electron chi connectivity index (χ1n) is 8.68. The van der Waals surface area contributed by atoms with Crippen LogP contribution in [-0.4, -0.2) is 54.2 Å². The molecule has 0 aromatic rings. The van der Waals surface area contributed by atoms with Crippen molar-refractivity contribution in [3.63, 3.8) is 0 Å². The Balaban J connectivity index is 3.14. The number of aliphatic hydroxyl groups excluding tert-OH is 1. The minimum absolute atomic E-state index is 0.00589. The average molecular weight is 386 g/mol. The number of ether oxygens (including phenoxy) is 4. The zero-order valence-corrected chi connectivity index (χ0v) is 16.7. The zero-order chi connectivity index (χ0) is 21.0. The Hall–Kier alpha value is -1.74. The van der Waals surface area contributed by atoms with Crippen molar-refractivity contribution in [2.75, 3.05) is 19.8 Å². The number of carbonyl (C=O) groups excluding carboxylic acids is 2. The van der Waals surface area contributed by atoms with Crippen LogP contribution in [0.5, 0.6) is 0 Å². The number of esters is 2. The third-order valence-corrected chi connectivity index (χ3v) is 4.73. The maximum absolute atomic E-state index is 12.0. The Labute approximate surface area is 159 Å². The smallest absolute Gasteiger partial charge is 0.384 e. The summed E-state index contributed by atoms with van der Waals surface area (Å²) < 4.78 is 21.5. The van der Waals surface area contributed by atoms with E-state index in [0.717, 1.165) is 0 Å². The first-order chi connectivity index (χ1) is 12.3. The van der Waals surface area contributed by atoms with Crippen LogP contribution in [0.15, 0.2) is 24.3 Å². The van der Waals surface area contributed by atoms with Crippen molar-refractivity contribution in [2.24, 2.45) is 10.8 Å². The Morgan fingerprint density at radius 3 is 1.81 bits per heavy atom. The highest BCUT2D eigenvalue weighted by atomic mass is 16.8. The Kier molecular flexibility index (Phi) is 7.35. The topological polar surface area (TPSA) is 112 Å². The van der Waals surface area contributed by atoms with Gasteiger partial charge in [0.05, 0.1) is 19.8 Å². The first-order valence-corrected chi connectivity index (χ1v) is 8.68. The summed E-state index contributed by atoms with van der Waals surface area (Å²) >= 11 is 0. The normalized spacial score (nSPS) is 23.4. The molecule has 1 fully saturated rings. The molecule has 2 N–H and O–H groups in total. The fourth-order valence-electron chi connectivity index (χ4n) is 2.28. The van der Waals surface area contributed by atoms with Gasteiger partial charge < -0.3 is 29.2 Å². The summed E-state index contributed by atoms with van der Waals surface area (Å²) in [6, 6.07) is 0. The molecule has 0 aromatic heterocycles. The lowest BCUT2D eigenvalue weighted by Crippen LogP contribution is -2.60. The minimum Gasteiger partial charge on any atom is -0.396 e. The molecular weight excluding hydrogens is 356 g/mol. The fraction of sp³-hybridized carbons (Fsp3) is 0.684. The molecule has 8 heteroatoms. The van der Waals surface area contributed by atoms with Gasteiger partial charge in [0.2, 0.25) is 0 Å². The standard InChI is InChI=1S/C19H30O8/c1-8-18(9-20)10-24-16(25-11-18)17(6,7)19(23,26-14(21)12(2)3)27-15(22)13(4)5/h16,20,23H,2,4,8-11H2,1,3,5-7H3. The van der Waals surface area contributed by atoms with Gasteiger partial charge in [-0.3, -0.25) is 0 Å². The Bertz CT molecular complexity index is 565. The fourth-order valence-corrected chi connectivity index (χ4v) is 2.28. The molecule has 0 saturated carbocycles. The summed E-state index contributed by atoms with van der Waals surface area (Å²) in [6.07, 6.45) is -0.458. The molecule has 1 aliphatic rings. The van der Waals surface area contributed by atoms with E-state index < -0.39 is 35.0 Å². The molecule has 27 heavy (non-hydrogen) atoms. The van der Waals surface area contributed by atoms with Crippen LogP contribution < -0.4 is 0 Å². The lowest BCUT2D eigenvalue weighted by molar-refractivity contribution is -0.415. The molecule has 0 spiro atoms. The van der Waals surface area contributed by atoms with Crippen LogP contribution in [0.4, 0.5) is 0 Å². The van der Waals surface area contributed by atoms with Crippen molar-refractivity contribution < 1.29 is 38.7 Å². The quantitative estimate of drug-likeness (QED) is 0.368. The molecule has 0 aliphatic carbocycles. The highest BCUT2D eigenvalue weighted by molar-refractivity contribution is 5.89. The van der Waals surface area contributed by atoms with Gasteiger partial charge in [-0.25, -0.2) is 9.59 Å². The average Bonchev–Trinajstić information content (AvgIpc) is 2.61. The summed E-state index contributed by atoms with van der Waals surface area (Å²) in [4.78, 5) is 24.0. The van der Waals surface area contributed by atoms with Gasteiger partial charge in [0.25, 0.3) is 0 Å². The molecule has 0 amide bonds. The van der Waals surface area contributed by atoms with Crippen LogP contribution >= 0.6 is 0 Å². The molecule has 1 saturated heterocycles. The van der Waals surface area contributed by atoms with Crippen LogP contribution in [0, 0.1) is 10.8 Å². The minimum atomic E-state index is -2.70. The van der Waals surface area contributed by atoms with Gasteiger partial charge in [-0.1, -0.05) is 20.1 Å². The second kappa shape index (κ2) is 8.52. The van der Waals surface area contributed by atoms with E-state index in [2.05, 4.69) is 13.2 Å². The van der Waals surface area contributed by atoms with E-state index >= 15 is 0 Å². The second-order valence-electron chi connectivity index (χ2n) is 7.61. The van der Waals surface area contributed by atoms with Crippen LogP contribution in [0.1, 0.15) is 41.0 Å². The van der Waals surface area contributed by atoms with Crippen molar-refractivity contribution >= 4 is 11.9 Å². The van der Waals surface area contributed by atoms with Crippen molar-refractivity contribution in [2.45, 2.75) is 53.3 Å². The molecule has 1 aliphatic heterocycles. The van der Waals surface area contributed by atoms with Crippen LogP contribution in [0.25, 0.3) is 0 Å². The summed E-state index contributed by atoms with van der Waals surface area (Å²) in [6.45, 7) is 14.7. The predicted octanol–water partition coefficient (Wildman–Crippen LogP) is 1.66. The van der Waals surface area contributed by atoms with Crippen LogP contribution in [0.2, 0.25) is 0 Å². The molecule has 0 radical (unpaired) electrons. The van der Waals surface area contributed by atoms with E-state index in [9.17, 15) is 19.8 Å². The van der Waals surface area contributed by atoms with Gasteiger partial charge in [-0.05, 0) is 34.1 Å². The molecule has 8 nitrogen and oxygen atoms in total. The van der Waals surface area contributed by atoms with E-state index in [1.807, 2.05) is 6.92 Å². The van der Waals surface area contributed by atoms with Crippen molar-refractivity contribution in [3.05, 3.63) is 24.3 Å². The lowest BCUT2D eigenvalue weighted by atomic mass is 9.84. The highest BCUT2D eigenvalue weighted by Crippen LogP contribution is 2.43. The van der Waals surface area contributed by atoms with Gasteiger partial charge in [-0.15, -0.1) is 0 Å². The van der Waals surface area contributed by atoms with E-state index in [1.54, 1.807) is 0 Å². The van der Waals surface area contributed by atoms with Crippen molar-refractivity contribution in [1.82, 2.24) is 0 Å². The van der Waals surface area contributed by atoms with Gasteiger partial charge in [0.1, 0.15) is 5.41 Å². The predicted molar refractivity (Wildman–Crippen MR) is 96.0 cm³/mol. The SMILES string of the molecule is C=C(C)C(=O)OC(O)(OC(=O)C(=C)C)C(C)(C)C1OCC(CC)(CO)CO1. The lowest BCUT2D eigenvalue weighted by Gasteiger charge is -2.47. The largest absolute Gasteiger partial charge is 0.396 e. The molecule has 0 bridgehead atoms. The van der Waals surface area contributed by atoms with Crippen molar-refractivity contribution in [1.29, 1.82) is 0 Å². The highest BCUT2D eigenvalue weighted by Gasteiger charge is 2.59. The van der Waals surface area contributed by atoms with Crippen molar-refractivity contribution in [3.8, 4) is 0 Å². The maximum Gasteiger partial charge on any atom is 0.384 e. The molecule has 154 valence electrons. The van der Waals surface area contributed by atoms with Crippen LogP contribution in [-0.2, 0) is 28.5 Å². The Morgan fingerprint density at radius 1 is 1.11 bits per heavy atom. The van der Waals surface area contributed by atoms with Gasteiger partial charge >= 0.3 is 17.9 Å². The van der Waals surface area contributed by atoms with E-state index in [4.69, 9.17) is 18.9 Å². The summed E-state index contributed by atoms with van der Waals surface area (Å²) in [5.41, 5.74) is -2.07. The van der Waals surface area contributed by atoms with Gasteiger partial charge in [0, 0.05) is 16.6 Å². The number of carbonyl (C=O) groups is 2. The maximum atomic E-state index is 12.0. The summed E-state index contributed by atoms with van der Waals surface area (Å²) in [7, 11) is 0. The number of rotatable bonds is 8. The summed E-state index contributed by atoms with van der Waals surface area (Å²) in [5, 5.41) is 20.6. The number of hydrogen-bond donors (Lipinski definition) is 2. The first kappa shape index (κ1) is 23.3. The monoisotopic (exact) mass is 386 g/mol. The van der Waals surface area contributed by atoms with E-state index in [-0.39, 0.29) is 31.0 Å². The second-order valence-corrected chi connectivity index (χ2v) is 7.61. The van der Waals surface area contributed by atoms with E-state index in [0.29, 0.717) is 6.42 Å². The molecular formula is C19H30O8.